The molecular formula is C18H20N6O3. The van der Waals surface area contributed by atoms with Crippen molar-refractivity contribution in [2.75, 3.05) is 11.9 Å². The van der Waals surface area contributed by atoms with Crippen LogP contribution < -0.4 is 15.8 Å². The first-order valence-corrected chi connectivity index (χ1v) is 8.73. The summed E-state index contributed by atoms with van der Waals surface area (Å²) in [4.78, 5) is 28.9. The van der Waals surface area contributed by atoms with E-state index in [2.05, 4.69) is 15.4 Å². The molecule has 0 unspecified atom stereocenters. The fraction of sp³-hybridized carbons (Fsp3) is 0.333. The highest BCUT2D eigenvalue weighted by atomic mass is 16.5. The second kappa shape index (κ2) is 6.11. The lowest BCUT2D eigenvalue weighted by molar-refractivity contribution is 0.0995. The molecule has 2 aromatic heterocycles. The molecule has 0 saturated heterocycles. The molecule has 2 amide bonds. The van der Waals surface area contributed by atoms with Crippen molar-refractivity contribution in [2.24, 2.45) is 5.73 Å². The number of benzene rings is 1. The minimum absolute atomic E-state index is 0.0324. The van der Waals surface area contributed by atoms with E-state index in [0.29, 0.717) is 41.6 Å². The van der Waals surface area contributed by atoms with Crippen LogP contribution in [0.25, 0.3) is 11.0 Å². The summed E-state index contributed by atoms with van der Waals surface area (Å²) in [5, 5.41) is 7.18. The fourth-order valence-corrected chi connectivity index (χ4v) is 3.38. The molecule has 27 heavy (non-hydrogen) atoms. The summed E-state index contributed by atoms with van der Waals surface area (Å²) in [6.07, 6.45) is 0. The van der Waals surface area contributed by atoms with E-state index in [-0.39, 0.29) is 11.9 Å². The number of rotatable bonds is 4. The number of amides is 2. The molecule has 9 heteroatoms. The second-order valence-corrected chi connectivity index (χ2v) is 6.61. The van der Waals surface area contributed by atoms with Crippen LogP contribution in [0.1, 0.15) is 46.4 Å². The Bertz CT molecular complexity index is 1080. The summed E-state index contributed by atoms with van der Waals surface area (Å²) >= 11 is 0. The summed E-state index contributed by atoms with van der Waals surface area (Å²) < 4.78 is 9.30. The molecule has 1 aromatic carbocycles. The monoisotopic (exact) mass is 368 g/mol. The predicted octanol–water partition coefficient (Wildman–Crippen LogP) is 1.87. The lowest BCUT2D eigenvalue weighted by Gasteiger charge is -2.24. The van der Waals surface area contributed by atoms with E-state index >= 15 is 0 Å². The molecule has 1 aliphatic rings. The number of primary amides is 1. The van der Waals surface area contributed by atoms with Crippen molar-refractivity contribution in [3.63, 3.8) is 0 Å². The van der Waals surface area contributed by atoms with Gasteiger partial charge in [0.2, 0.25) is 11.9 Å². The molecule has 3 aromatic rings. The van der Waals surface area contributed by atoms with E-state index in [9.17, 15) is 9.59 Å². The summed E-state index contributed by atoms with van der Waals surface area (Å²) in [6.45, 7) is 6.72. The van der Waals surface area contributed by atoms with Crippen LogP contribution in [0.4, 0.5) is 5.95 Å². The molecule has 9 nitrogen and oxygen atoms in total. The van der Waals surface area contributed by atoms with Gasteiger partial charge in [-0.2, -0.15) is 5.10 Å². The number of carbonyl (C=O) groups excluding carboxylic acids is 2. The zero-order valence-corrected chi connectivity index (χ0v) is 15.3. The molecule has 140 valence electrons. The Labute approximate surface area is 155 Å². The van der Waals surface area contributed by atoms with Gasteiger partial charge in [-0.3, -0.25) is 19.6 Å². The number of aryl methyl sites for hydroxylation is 2. The summed E-state index contributed by atoms with van der Waals surface area (Å²) in [5.74, 6) is 0.0780. The Morgan fingerprint density at radius 2 is 2.15 bits per heavy atom. The van der Waals surface area contributed by atoms with Gasteiger partial charge >= 0.3 is 0 Å². The van der Waals surface area contributed by atoms with Crippen molar-refractivity contribution in [2.45, 2.75) is 33.4 Å². The summed E-state index contributed by atoms with van der Waals surface area (Å²) in [6, 6.07) is 4.92. The van der Waals surface area contributed by atoms with Crippen molar-refractivity contribution in [1.29, 1.82) is 0 Å². The third-order valence-corrected chi connectivity index (χ3v) is 4.62. The Morgan fingerprint density at radius 3 is 2.85 bits per heavy atom. The number of nitrogens with one attached hydrogen (secondary N) is 1. The highest BCUT2D eigenvalue weighted by Crippen LogP contribution is 2.36. The average molecular weight is 368 g/mol. The van der Waals surface area contributed by atoms with Crippen LogP contribution in [0.5, 0.6) is 5.75 Å². The summed E-state index contributed by atoms with van der Waals surface area (Å²) in [7, 11) is 0. The van der Waals surface area contributed by atoms with Crippen LogP contribution in [-0.4, -0.2) is 37.8 Å². The third kappa shape index (κ3) is 2.71. The molecule has 3 N–H and O–H groups in total. The molecule has 1 aliphatic heterocycles. The molecule has 3 heterocycles. The van der Waals surface area contributed by atoms with Crippen LogP contribution in [0, 0.1) is 6.92 Å². The molecule has 1 atom stereocenters. The SMILES string of the molecule is CCn1nc(C)cc1C(=O)Nc1nc2cc(C(N)=O)cc3c2n1[C@@H](C)CO3. The van der Waals surface area contributed by atoms with Crippen LogP contribution in [0.15, 0.2) is 18.2 Å². The number of anilines is 1. The minimum atomic E-state index is -0.558. The number of nitrogens with zero attached hydrogens (tertiary/aromatic N) is 4. The predicted molar refractivity (Wildman–Crippen MR) is 99.0 cm³/mol. The number of aromatic nitrogens is 4. The maximum atomic E-state index is 12.8. The number of nitrogens with two attached hydrogens (primary N) is 1. The van der Waals surface area contributed by atoms with E-state index < -0.39 is 5.91 Å². The van der Waals surface area contributed by atoms with Crippen molar-refractivity contribution in [1.82, 2.24) is 19.3 Å². The van der Waals surface area contributed by atoms with Gasteiger partial charge in [-0.1, -0.05) is 0 Å². The average Bonchev–Trinajstić information content (AvgIpc) is 3.19. The number of hydrogen-bond donors (Lipinski definition) is 2. The second-order valence-electron chi connectivity index (χ2n) is 6.61. The molecule has 4 rings (SSSR count). The first kappa shape index (κ1) is 17.1. The minimum Gasteiger partial charge on any atom is -0.489 e. The zero-order chi connectivity index (χ0) is 19.3. The Morgan fingerprint density at radius 1 is 1.37 bits per heavy atom. The van der Waals surface area contributed by atoms with Gasteiger partial charge in [0.25, 0.3) is 5.91 Å². The first-order chi connectivity index (χ1) is 12.9. The number of ether oxygens (including phenoxy) is 1. The number of carbonyl (C=O) groups is 2. The third-order valence-electron chi connectivity index (χ3n) is 4.62. The Hall–Kier alpha value is -3.36. The molecule has 0 saturated carbocycles. The number of hydrogen-bond acceptors (Lipinski definition) is 5. The largest absolute Gasteiger partial charge is 0.489 e. The number of imidazole rings is 1. The molecule has 0 aliphatic carbocycles. The zero-order valence-electron chi connectivity index (χ0n) is 15.3. The topological polar surface area (TPSA) is 117 Å². The van der Waals surface area contributed by atoms with E-state index in [1.165, 1.54) is 0 Å². The normalized spacial score (nSPS) is 15.6. The van der Waals surface area contributed by atoms with Crippen LogP contribution in [0.3, 0.4) is 0 Å². The van der Waals surface area contributed by atoms with Crippen molar-refractivity contribution < 1.29 is 14.3 Å². The highest BCUT2D eigenvalue weighted by Gasteiger charge is 2.27. The Balaban J connectivity index is 1.80. The van der Waals surface area contributed by atoms with Gasteiger partial charge in [0.1, 0.15) is 23.6 Å². The van der Waals surface area contributed by atoms with Crippen LogP contribution in [0.2, 0.25) is 0 Å². The molecule has 0 bridgehead atoms. The van der Waals surface area contributed by atoms with Crippen LogP contribution in [-0.2, 0) is 6.54 Å². The first-order valence-electron chi connectivity index (χ1n) is 8.73. The maximum absolute atomic E-state index is 12.8. The molecule has 0 spiro atoms. The quantitative estimate of drug-likeness (QED) is 0.729. The highest BCUT2D eigenvalue weighted by molar-refractivity contribution is 6.04. The smallest absolute Gasteiger partial charge is 0.276 e. The van der Waals surface area contributed by atoms with E-state index in [1.54, 1.807) is 22.9 Å². The lowest BCUT2D eigenvalue weighted by atomic mass is 10.1. The molecular weight excluding hydrogens is 348 g/mol. The van der Waals surface area contributed by atoms with Crippen LogP contribution >= 0.6 is 0 Å². The van der Waals surface area contributed by atoms with Gasteiger partial charge in [-0.05, 0) is 39.0 Å². The molecule has 0 radical (unpaired) electrons. The van der Waals surface area contributed by atoms with E-state index in [0.717, 1.165) is 11.2 Å². The summed E-state index contributed by atoms with van der Waals surface area (Å²) in [5.41, 5.74) is 8.23. The van der Waals surface area contributed by atoms with Gasteiger partial charge < -0.3 is 15.0 Å². The molecule has 0 fully saturated rings. The standard InChI is InChI=1S/C18H20N6O3/c1-4-23-13(5-9(2)22-23)17(26)21-18-20-12-6-11(16(19)25)7-14-15(12)24(18)10(3)8-27-14/h5-7,10H,4,8H2,1-3H3,(H2,19,25)(H,20,21,26)/t10-/m0/s1. The Kier molecular flexibility index (Phi) is 3.87. The van der Waals surface area contributed by atoms with Gasteiger partial charge in [0.15, 0.2) is 0 Å². The fourth-order valence-electron chi connectivity index (χ4n) is 3.38. The van der Waals surface area contributed by atoms with E-state index in [1.807, 2.05) is 25.3 Å². The lowest BCUT2D eigenvalue weighted by Crippen LogP contribution is -2.24. The van der Waals surface area contributed by atoms with Crippen molar-refractivity contribution >= 4 is 28.8 Å². The van der Waals surface area contributed by atoms with Crippen molar-refractivity contribution in [3.8, 4) is 5.75 Å². The maximum Gasteiger partial charge on any atom is 0.276 e. The van der Waals surface area contributed by atoms with E-state index in [4.69, 9.17) is 10.5 Å². The van der Waals surface area contributed by atoms with Crippen molar-refractivity contribution in [3.05, 3.63) is 35.2 Å². The van der Waals surface area contributed by atoms with Gasteiger partial charge in [-0.25, -0.2) is 4.98 Å². The van der Waals surface area contributed by atoms with Gasteiger partial charge in [0, 0.05) is 12.1 Å². The van der Waals surface area contributed by atoms with Gasteiger partial charge in [-0.15, -0.1) is 0 Å². The van der Waals surface area contributed by atoms with Gasteiger partial charge in [0.05, 0.1) is 17.3 Å².